The minimum atomic E-state index is -0.184. The number of benzene rings is 2. The highest BCUT2D eigenvalue weighted by atomic mass is 16.5. The first-order valence-electron chi connectivity index (χ1n) is 8.62. The van der Waals surface area contributed by atoms with Crippen molar-refractivity contribution in [3.05, 3.63) is 78.7 Å². The Morgan fingerprint density at radius 1 is 1.22 bits per heavy atom. The normalized spacial score (nSPS) is 10.4. The Kier molecular flexibility index (Phi) is 5.99. The Morgan fingerprint density at radius 2 is 2.04 bits per heavy atom. The number of amides is 1. The molecule has 0 saturated carbocycles. The fourth-order valence-electron chi connectivity index (χ4n) is 2.54. The molecule has 1 heterocycles. The van der Waals surface area contributed by atoms with Gasteiger partial charge in [0.1, 0.15) is 12.3 Å². The van der Waals surface area contributed by atoms with Gasteiger partial charge in [0, 0.05) is 12.1 Å². The first-order chi connectivity index (χ1) is 13.2. The zero-order valence-corrected chi connectivity index (χ0v) is 15.2. The molecule has 0 aliphatic heterocycles. The maximum absolute atomic E-state index is 12.5. The van der Waals surface area contributed by atoms with Gasteiger partial charge in [-0.3, -0.25) is 4.79 Å². The molecule has 2 aromatic carbocycles. The van der Waals surface area contributed by atoms with E-state index in [-0.39, 0.29) is 19.1 Å². The molecule has 0 aliphatic rings. The van der Waals surface area contributed by atoms with Gasteiger partial charge in [-0.05, 0) is 24.6 Å². The summed E-state index contributed by atoms with van der Waals surface area (Å²) in [6.07, 6.45) is 1.65. The summed E-state index contributed by atoms with van der Waals surface area (Å²) in [6, 6.07) is 17.1. The molecule has 0 aliphatic carbocycles. The van der Waals surface area contributed by atoms with E-state index in [1.54, 1.807) is 11.0 Å². The van der Waals surface area contributed by atoms with Gasteiger partial charge in [0.25, 0.3) is 5.91 Å². The highest BCUT2D eigenvalue weighted by Crippen LogP contribution is 2.16. The van der Waals surface area contributed by atoms with E-state index in [0.717, 1.165) is 11.1 Å². The van der Waals surface area contributed by atoms with Crippen LogP contribution in [0.1, 0.15) is 11.5 Å². The number of carbonyl (C=O) groups excluding carboxylic acids is 1. The molecular formula is C21H21N3O3. The van der Waals surface area contributed by atoms with Crippen LogP contribution >= 0.6 is 0 Å². The maximum Gasteiger partial charge on any atom is 0.261 e. The Labute approximate surface area is 158 Å². The number of carbonyl (C=O) groups is 1. The van der Waals surface area contributed by atoms with E-state index in [1.807, 2.05) is 61.5 Å². The fraction of sp³-hybridized carbons (Fsp3) is 0.190. The molecule has 0 spiro atoms. The Morgan fingerprint density at radius 3 is 2.78 bits per heavy atom. The van der Waals surface area contributed by atoms with Crippen LogP contribution in [0.4, 0.5) is 0 Å². The van der Waals surface area contributed by atoms with Crippen LogP contribution in [0, 0.1) is 6.92 Å². The van der Waals surface area contributed by atoms with Crippen molar-refractivity contribution in [3.8, 4) is 17.1 Å². The second-order valence-corrected chi connectivity index (χ2v) is 6.05. The monoisotopic (exact) mass is 363 g/mol. The summed E-state index contributed by atoms with van der Waals surface area (Å²) >= 11 is 0. The molecule has 0 saturated heterocycles. The maximum atomic E-state index is 12.5. The molecule has 3 aromatic rings. The quantitative estimate of drug-likeness (QED) is 0.572. The molecule has 0 fully saturated rings. The highest BCUT2D eigenvalue weighted by Gasteiger charge is 2.18. The van der Waals surface area contributed by atoms with Gasteiger partial charge in [0.15, 0.2) is 6.61 Å². The zero-order chi connectivity index (χ0) is 19.1. The molecule has 6 nitrogen and oxygen atoms in total. The molecule has 0 bridgehead atoms. The lowest BCUT2D eigenvalue weighted by Crippen LogP contribution is -2.34. The molecule has 0 N–H and O–H groups in total. The van der Waals surface area contributed by atoms with E-state index in [9.17, 15) is 4.79 Å². The van der Waals surface area contributed by atoms with Crippen molar-refractivity contribution in [2.24, 2.45) is 0 Å². The topological polar surface area (TPSA) is 68.5 Å². The van der Waals surface area contributed by atoms with Gasteiger partial charge in [0.2, 0.25) is 11.7 Å². The molecule has 0 unspecified atom stereocenters. The number of ether oxygens (including phenoxy) is 1. The molecule has 0 atom stereocenters. The van der Waals surface area contributed by atoms with Crippen LogP contribution in [0.25, 0.3) is 11.4 Å². The van der Waals surface area contributed by atoms with Gasteiger partial charge >= 0.3 is 0 Å². The summed E-state index contributed by atoms with van der Waals surface area (Å²) in [7, 11) is 0. The number of rotatable bonds is 8. The Bertz CT molecular complexity index is 906. The average molecular weight is 363 g/mol. The lowest BCUT2D eigenvalue weighted by molar-refractivity contribution is -0.133. The van der Waals surface area contributed by atoms with Crippen LogP contribution in [0.2, 0.25) is 0 Å². The fourth-order valence-corrected chi connectivity index (χ4v) is 2.54. The summed E-state index contributed by atoms with van der Waals surface area (Å²) in [5, 5.41) is 3.98. The Hall–Kier alpha value is -3.41. The van der Waals surface area contributed by atoms with Crippen molar-refractivity contribution in [1.29, 1.82) is 0 Å². The average Bonchev–Trinajstić information content (AvgIpc) is 3.15. The van der Waals surface area contributed by atoms with Crippen molar-refractivity contribution < 1.29 is 14.1 Å². The smallest absolute Gasteiger partial charge is 0.261 e. The second-order valence-electron chi connectivity index (χ2n) is 6.05. The van der Waals surface area contributed by atoms with E-state index in [0.29, 0.717) is 24.0 Å². The largest absolute Gasteiger partial charge is 0.484 e. The SMILES string of the molecule is C=CCN(Cc1nc(-c2ccccc2)no1)C(=O)COc1cccc(C)c1. The van der Waals surface area contributed by atoms with E-state index >= 15 is 0 Å². The van der Waals surface area contributed by atoms with E-state index in [2.05, 4.69) is 16.7 Å². The van der Waals surface area contributed by atoms with E-state index in [4.69, 9.17) is 9.26 Å². The van der Waals surface area contributed by atoms with E-state index in [1.165, 1.54) is 0 Å². The number of hydrogen-bond acceptors (Lipinski definition) is 5. The standard InChI is InChI=1S/C21H21N3O3/c1-3-12-24(20(25)15-26-18-11-7-8-16(2)13-18)14-19-22-21(23-27-19)17-9-5-4-6-10-17/h3-11,13H,1,12,14-15H2,2H3. The number of aromatic nitrogens is 2. The predicted octanol–water partition coefficient (Wildman–Crippen LogP) is 3.64. The summed E-state index contributed by atoms with van der Waals surface area (Å²) in [5.41, 5.74) is 1.93. The van der Waals surface area contributed by atoms with Crippen molar-refractivity contribution >= 4 is 5.91 Å². The second kappa shape index (κ2) is 8.80. The molecule has 0 radical (unpaired) electrons. The van der Waals surface area contributed by atoms with Crippen LogP contribution in [0.3, 0.4) is 0 Å². The van der Waals surface area contributed by atoms with Crippen LogP contribution < -0.4 is 4.74 Å². The summed E-state index contributed by atoms with van der Waals surface area (Å²) in [5.74, 6) is 1.33. The first-order valence-corrected chi connectivity index (χ1v) is 8.62. The minimum Gasteiger partial charge on any atom is -0.484 e. The zero-order valence-electron chi connectivity index (χ0n) is 15.2. The summed E-state index contributed by atoms with van der Waals surface area (Å²) in [4.78, 5) is 18.5. The Balaban J connectivity index is 1.64. The lowest BCUT2D eigenvalue weighted by atomic mass is 10.2. The molecule has 27 heavy (non-hydrogen) atoms. The highest BCUT2D eigenvalue weighted by molar-refractivity contribution is 5.77. The van der Waals surface area contributed by atoms with Crippen molar-refractivity contribution in [2.45, 2.75) is 13.5 Å². The van der Waals surface area contributed by atoms with Crippen LogP contribution in [0.5, 0.6) is 5.75 Å². The first kappa shape index (κ1) is 18.4. The van der Waals surface area contributed by atoms with Crippen LogP contribution in [-0.4, -0.2) is 34.1 Å². The molecule has 138 valence electrons. The summed E-state index contributed by atoms with van der Waals surface area (Å²) < 4.78 is 10.9. The van der Waals surface area contributed by atoms with Gasteiger partial charge in [-0.15, -0.1) is 6.58 Å². The molecular weight excluding hydrogens is 342 g/mol. The van der Waals surface area contributed by atoms with Gasteiger partial charge < -0.3 is 14.2 Å². The van der Waals surface area contributed by atoms with Gasteiger partial charge in [-0.25, -0.2) is 0 Å². The molecule has 3 rings (SSSR count). The predicted molar refractivity (Wildman–Crippen MR) is 102 cm³/mol. The summed E-state index contributed by atoms with van der Waals surface area (Å²) in [6.45, 7) is 6.16. The van der Waals surface area contributed by atoms with Crippen LogP contribution in [-0.2, 0) is 11.3 Å². The minimum absolute atomic E-state index is 0.0724. The number of aryl methyl sites for hydroxylation is 1. The third-order valence-electron chi connectivity index (χ3n) is 3.88. The van der Waals surface area contributed by atoms with Crippen molar-refractivity contribution in [1.82, 2.24) is 15.0 Å². The third kappa shape index (κ3) is 5.04. The van der Waals surface area contributed by atoms with Crippen LogP contribution in [0.15, 0.2) is 71.8 Å². The van der Waals surface area contributed by atoms with Crippen molar-refractivity contribution in [3.63, 3.8) is 0 Å². The molecule has 1 amide bonds. The van der Waals surface area contributed by atoms with E-state index < -0.39 is 0 Å². The number of hydrogen-bond donors (Lipinski definition) is 0. The van der Waals surface area contributed by atoms with Gasteiger partial charge in [0.05, 0.1) is 0 Å². The molecule has 6 heteroatoms. The molecule has 1 aromatic heterocycles. The van der Waals surface area contributed by atoms with Gasteiger partial charge in [-0.2, -0.15) is 4.98 Å². The lowest BCUT2D eigenvalue weighted by Gasteiger charge is -2.19. The van der Waals surface area contributed by atoms with Crippen molar-refractivity contribution in [2.75, 3.05) is 13.2 Å². The van der Waals surface area contributed by atoms with Gasteiger partial charge in [-0.1, -0.05) is 53.7 Å². The third-order valence-corrected chi connectivity index (χ3v) is 3.88. The number of nitrogens with zero attached hydrogens (tertiary/aromatic N) is 3.